The second-order valence-electron chi connectivity index (χ2n) is 8.38. The van der Waals surface area contributed by atoms with Gasteiger partial charge in [0.25, 0.3) is 0 Å². The molecule has 0 heterocycles. The molecule has 0 amide bonds. The highest BCUT2D eigenvalue weighted by Gasteiger charge is 2.42. The van der Waals surface area contributed by atoms with E-state index in [0.717, 1.165) is 57.3 Å². The van der Waals surface area contributed by atoms with E-state index in [1.165, 1.54) is 26.2 Å². The molecular formula is C25H42O6. The minimum absolute atomic E-state index is 0.115. The number of aliphatic carboxylic acids is 1. The first-order chi connectivity index (χ1) is 14.8. The van der Waals surface area contributed by atoms with Crippen LogP contribution >= 0.6 is 0 Å². The van der Waals surface area contributed by atoms with Crippen LogP contribution in [0.1, 0.15) is 97.3 Å². The first-order valence-corrected chi connectivity index (χ1v) is 11.7. The number of aldehydes is 1. The van der Waals surface area contributed by atoms with Gasteiger partial charge in [0.05, 0.1) is 6.10 Å². The number of unbranched alkanes of at least 4 members (excludes halogenated alkanes) is 7. The van der Waals surface area contributed by atoms with Crippen LogP contribution < -0.4 is 0 Å². The highest BCUT2D eigenvalue weighted by molar-refractivity contribution is 5.86. The molecule has 178 valence electrons. The third-order valence-corrected chi connectivity index (χ3v) is 5.41. The molecule has 0 spiro atoms. The first kappa shape index (κ1) is 29.1. The number of hydrogen-bond donors (Lipinski definition) is 2. The fraction of sp³-hybridized carbons (Fsp3) is 0.720. The summed E-state index contributed by atoms with van der Waals surface area (Å²) >= 11 is 0. The summed E-state index contributed by atoms with van der Waals surface area (Å²) in [6.07, 6.45) is 16.0. The standard InChI is InChI=1S/C25H42O6/c1-4-6-7-13-16-22(20-26)17-14-11-9-8-10-12-15-18-25(24(29)30,19-21(3)27)31-23(28)5-2/h5,11,14,20-22,27H,2,4,6-10,12-13,15-19H2,1,3H3,(H,29,30). The van der Waals surface area contributed by atoms with Crippen molar-refractivity contribution in [1.82, 2.24) is 0 Å². The predicted molar refractivity (Wildman–Crippen MR) is 123 cm³/mol. The number of carbonyl (C=O) groups excluding carboxylic acids is 2. The Morgan fingerprint density at radius 3 is 2.32 bits per heavy atom. The van der Waals surface area contributed by atoms with Crippen molar-refractivity contribution in [2.75, 3.05) is 0 Å². The van der Waals surface area contributed by atoms with E-state index in [0.29, 0.717) is 6.42 Å². The van der Waals surface area contributed by atoms with Crippen LogP contribution in [-0.4, -0.2) is 40.1 Å². The summed E-state index contributed by atoms with van der Waals surface area (Å²) in [6.45, 7) is 6.97. The summed E-state index contributed by atoms with van der Waals surface area (Å²) < 4.78 is 5.14. The summed E-state index contributed by atoms with van der Waals surface area (Å²) in [5, 5.41) is 19.3. The summed E-state index contributed by atoms with van der Waals surface area (Å²) in [4.78, 5) is 34.5. The van der Waals surface area contributed by atoms with Crippen LogP contribution in [-0.2, 0) is 19.1 Å². The number of hydrogen-bond acceptors (Lipinski definition) is 5. The number of allylic oxidation sites excluding steroid dienone is 2. The van der Waals surface area contributed by atoms with Crippen molar-refractivity contribution in [3.8, 4) is 0 Å². The van der Waals surface area contributed by atoms with Crippen LogP contribution in [0.15, 0.2) is 24.8 Å². The number of ether oxygens (including phenoxy) is 1. The van der Waals surface area contributed by atoms with Crippen molar-refractivity contribution in [2.24, 2.45) is 5.92 Å². The van der Waals surface area contributed by atoms with Crippen LogP contribution in [0.25, 0.3) is 0 Å². The van der Waals surface area contributed by atoms with Crippen LogP contribution in [0.4, 0.5) is 0 Å². The Kier molecular flexibility index (Phi) is 16.6. The SMILES string of the molecule is C=CC(=O)OC(CCCCCCC=CCC(C=O)CCCCCC)(CC(C)O)C(=O)O. The first-order valence-electron chi connectivity index (χ1n) is 11.7. The number of esters is 1. The van der Waals surface area contributed by atoms with Gasteiger partial charge >= 0.3 is 11.9 Å². The van der Waals surface area contributed by atoms with Gasteiger partial charge in [0.2, 0.25) is 5.60 Å². The Labute approximate surface area is 187 Å². The van der Waals surface area contributed by atoms with Gasteiger partial charge in [-0.25, -0.2) is 9.59 Å². The normalized spacial score (nSPS) is 15.2. The monoisotopic (exact) mass is 438 g/mol. The number of carboxylic acids is 1. The Morgan fingerprint density at radius 1 is 1.06 bits per heavy atom. The minimum Gasteiger partial charge on any atom is -0.478 e. The molecule has 0 aliphatic rings. The highest BCUT2D eigenvalue weighted by atomic mass is 16.6. The zero-order valence-electron chi connectivity index (χ0n) is 19.4. The van der Waals surface area contributed by atoms with Gasteiger partial charge < -0.3 is 19.7 Å². The Bertz CT molecular complexity index is 554. The van der Waals surface area contributed by atoms with Gasteiger partial charge in [0.15, 0.2) is 0 Å². The molecule has 0 aromatic carbocycles. The molecule has 0 aromatic rings. The third-order valence-electron chi connectivity index (χ3n) is 5.41. The lowest BCUT2D eigenvalue weighted by Gasteiger charge is -2.30. The lowest BCUT2D eigenvalue weighted by Crippen LogP contribution is -2.45. The Morgan fingerprint density at radius 2 is 1.74 bits per heavy atom. The molecule has 3 atom stereocenters. The van der Waals surface area contributed by atoms with Crippen LogP contribution in [0.5, 0.6) is 0 Å². The van der Waals surface area contributed by atoms with Gasteiger partial charge in [-0.3, -0.25) is 0 Å². The van der Waals surface area contributed by atoms with E-state index < -0.39 is 23.6 Å². The maximum Gasteiger partial charge on any atom is 0.348 e. The number of aliphatic hydroxyl groups excluding tert-OH is 1. The number of carbonyl (C=O) groups is 3. The van der Waals surface area contributed by atoms with Crippen molar-refractivity contribution in [3.63, 3.8) is 0 Å². The Balaban J connectivity index is 4.24. The summed E-state index contributed by atoms with van der Waals surface area (Å²) in [7, 11) is 0. The van der Waals surface area contributed by atoms with E-state index in [9.17, 15) is 24.6 Å². The molecule has 0 saturated carbocycles. The van der Waals surface area contributed by atoms with E-state index >= 15 is 0 Å². The molecule has 0 bridgehead atoms. The quantitative estimate of drug-likeness (QED) is 0.0870. The van der Waals surface area contributed by atoms with Gasteiger partial charge in [-0.1, -0.05) is 64.2 Å². The van der Waals surface area contributed by atoms with Crippen LogP contribution in [0, 0.1) is 5.92 Å². The predicted octanol–water partition coefficient (Wildman–Crippen LogP) is 5.38. The second kappa shape index (κ2) is 17.7. The minimum atomic E-state index is -1.72. The maximum absolute atomic E-state index is 11.8. The fourth-order valence-corrected chi connectivity index (χ4v) is 3.63. The van der Waals surface area contributed by atoms with E-state index in [1.807, 2.05) is 0 Å². The summed E-state index contributed by atoms with van der Waals surface area (Å²) in [5.41, 5.74) is -1.72. The van der Waals surface area contributed by atoms with Gasteiger partial charge in [-0.05, 0) is 45.4 Å². The van der Waals surface area contributed by atoms with E-state index in [-0.39, 0.29) is 18.8 Å². The van der Waals surface area contributed by atoms with Gasteiger partial charge in [-0.15, -0.1) is 0 Å². The lowest BCUT2D eigenvalue weighted by molar-refractivity contribution is -0.180. The smallest absolute Gasteiger partial charge is 0.348 e. The topological polar surface area (TPSA) is 101 Å². The average Bonchev–Trinajstić information content (AvgIpc) is 2.73. The van der Waals surface area contributed by atoms with E-state index in [1.54, 1.807) is 0 Å². The molecule has 0 fully saturated rings. The number of rotatable bonds is 20. The maximum atomic E-state index is 11.8. The molecule has 0 aromatic heterocycles. The number of carboxylic acid groups (broad SMARTS) is 1. The van der Waals surface area contributed by atoms with Crippen LogP contribution in [0.3, 0.4) is 0 Å². The second-order valence-corrected chi connectivity index (χ2v) is 8.38. The molecule has 0 aliphatic heterocycles. The molecule has 0 radical (unpaired) electrons. The third kappa shape index (κ3) is 13.9. The summed E-state index contributed by atoms with van der Waals surface area (Å²) in [5.74, 6) is -1.93. The largest absolute Gasteiger partial charge is 0.478 e. The van der Waals surface area contributed by atoms with Crippen LogP contribution in [0.2, 0.25) is 0 Å². The molecule has 31 heavy (non-hydrogen) atoms. The highest BCUT2D eigenvalue weighted by Crippen LogP contribution is 2.27. The van der Waals surface area contributed by atoms with E-state index in [2.05, 4.69) is 25.7 Å². The molecular weight excluding hydrogens is 396 g/mol. The molecule has 6 heteroatoms. The number of aliphatic hydroxyl groups is 1. The zero-order chi connectivity index (χ0) is 23.5. The van der Waals surface area contributed by atoms with Crippen molar-refractivity contribution in [1.29, 1.82) is 0 Å². The summed E-state index contributed by atoms with van der Waals surface area (Å²) in [6, 6.07) is 0. The molecule has 6 nitrogen and oxygen atoms in total. The zero-order valence-corrected chi connectivity index (χ0v) is 19.4. The molecule has 0 aliphatic carbocycles. The van der Waals surface area contributed by atoms with Gasteiger partial charge in [-0.2, -0.15) is 0 Å². The molecule has 0 saturated heterocycles. The van der Waals surface area contributed by atoms with Crippen molar-refractivity contribution in [2.45, 2.75) is 109 Å². The lowest BCUT2D eigenvalue weighted by atomic mass is 9.89. The fourth-order valence-electron chi connectivity index (χ4n) is 3.63. The Hall–Kier alpha value is -1.95. The van der Waals surface area contributed by atoms with Crippen molar-refractivity contribution >= 4 is 18.2 Å². The molecule has 2 N–H and O–H groups in total. The average molecular weight is 439 g/mol. The molecule has 0 rings (SSSR count). The van der Waals surface area contributed by atoms with Crippen molar-refractivity contribution in [3.05, 3.63) is 24.8 Å². The van der Waals surface area contributed by atoms with E-state index in [4.69, 9.17) is 4.74 Å². The van der Waals surface area contributed by atoms with Gasteiger partial charge in [0.1, 0.15) is 6.29 Å². The van der Waals surface area contributed by atoms with Gasteiger partial charge in [0, 0.05) is 18.4 Å². The molecule has 3 unspecified atom stereocenters. The van der Waals surface area contributed by atoms with Crippen molar-refractivity contribution < 1.29 is 29.3 Å².